The molecule has 0 fully saturated rings. The molecule has 0 spiro atoms. The highest BCUT2D eigenvalue weighted by Crippen LogP contribution is 2.26. The van der Waals surface area contributed by atoms with Gasteiger partial charge in [-0.25, -0.2) is 0 Å². The minimum atomic E-state index is 0.312. The van der Waals surface area contributed by atoms with E-state index >= 15 is 0 Å². The van der Waals surface area contributed by atoms with Crippen LogP contribution >= 0.6 is 12.2 Å². The van der Waals surface area contributed by atoms with E-state index in [2.05, 4.69) is 39.8 Å². The normalized spacial score (nSPS) is 14.0. The van der Waals surface area contributed by atoms with Crippen molar-refractivity contribution >= 4 is 23.0 Å². The van der Waals surface area contributed by atoms with E-state index in [4.69, 9.17) is 18.0 Å². The first kappa shape index (κ1) is 13.9. The van der Waals surface area contributed by atoms with Crippen molar-refractivity contribution in [3.8, 4) is 0 Å². The van der Waals surface area contributed by atoms with Crippen molar-refractivity contribution in [2.24, 2.45) is 5.73 Å². The van der Waals surface area contributed by atoms with E-state index in [9.17, 15) is 0 Å². The van der Waals surface area contributed by atoms with Crippen LogP contribution < -0.4 is 11.1 Å². The molecule has 4 nitrogen and oxygen atoms in total. The van der Waals surface area contributed by atoms with Gasteiger partial charge in [-0.15, -0.1) is 5.10 Å². The third kappa shape index (κ3) is 2.61. The lowest BCUT2D eigenvalue weighted by atomic mass is 10.1. The number of nitrogens with two attached hydrogens (primary N) is 1. The van der Waals surface area contributed by atoms with Crippen molar-refractivity contribution in [3.63, 3.8) is 0 Å². The lowest BCUT2D eigenvalue weighted by Gasteiger charge is -2.17. The number of anilines is 1. The molecular weight excluding hydrogens is 280 g/mol. The fourth-order valence-electron chi connectivity index (χ4n) is 2.87. The molecule has 3 rings (SSSR count). The zero-order valence-electron chi connectivity index (χ0n) is 12.2. The third-order valence-corrected chi connectivity index (χ3v) is 4.30. The van der Waals surface area contributed by atoms with Crippen molar-refractivity contribution in [2.45, 2.75) is 32.7 Å². The van der Waals surface area contributed by atoms with Gasteiger partial charge in [0.1, 0.15) is 4.99 Å². The zero-order chi connectivity index (χ0) is 15.0. The first-order chi connectivity index (χ1) is 10.1. The molecule has 0 unspecified atom stereocenters. The van der Waals surface area contributed by atoms with E-state index in [1.165, 1.54) is 11.1 Å². The summed E-state index contributed by atoms with van der Waals surface area (Å²) >= 11 is 5.18. The van der Waals surface area contributed by atoms with Gasteiger partial charge in [-0.1, -0.05) is 36.5 Å². The first-order valence-electron chi connectivity index (χ1n) is 7.03. The summed E-state index contributed by atoms with van der Waals surface area (Å²) in [4.78, 5) is 0.364. The summed E-state index contributed by atoms with van der Waals surface area (Å²) in [7, 11) is 0. The quantitative estimate of drug-likeness (QED) is 0.851. The predicted octanol–water partition coefficient (Wildman–Crippen LogP) is 2.31. The van der Waals surface area contributed by atoms with Crippen molar-refractivity contribution in [1.29, 1.82) is 0 Å². The number of aromatic nitrogens is 2. The second-order valence-electron chi connectivity index (χ2n) is 5.52. The van der Waals surface area contributed by atoms with Crippen molar-refractivity contribution in [2.75, 3.05) is 5.32 Å². The van der Waals surface area contributed by atoms with Crippen LogP contribution in [0.4, 0.5) is 5.82 Å². The second-order valence-corrected chi connectivity index (χ2v) is 5.96. The SMILES string of the molecule is Cc1nnc(NC2Cc3ccccc3C2)c(C(N)=S)c1C. The highest BCUT2D eigenvalue weighted by Gasteiger charge is 2.23. The van der Waals surface area contributed by atoms with E-state index in [0.29, 0.717) is 16.8 Å². The Hall–Kier alpha value is -2.01. The van der Waals surface area contributed by atoms with Crippen LogP contribution in [0.5, 0.6) is 0 Å². The number of rotatable bonds is 3. The highest BCUT2D eigenvalue weighted by atomic mass is 32.1. The fourth-order valence-corrected chi connectivity index (χ4v) is 3.12. The number of benzene rings is 1. The number of aryl methyl sites for hydroxylation is 1. The Kier molecular flexibility index (Phi) is 3.59. The Bertz CT molecular complexity index is 686. The van der Waals surface area contributed by atoms with Crippen LogP contribution in [-0.4, -0.2) is 21.2 Å². The van der Waals surface area contributed by atoms with Gasteiger partial charge in [0.2, 0.25) is 0 Å². The number of hydrogen-bond acceptors (Lipinski definition) is 4. The van der Waals surface area contributed by atoms with Gasteiger partial charge in [0.05, 0.1) is 11.3 Å². The summed E-state index contributed by atoms with van der Waals surface area (Å²) < 4.78 is 0. The molecule has 0 bridgehead atoms. The first-order valence-corrected chi connectivity index (χ1v) is 7.44. The van der Waals surface area contributed by atoms with Gasteiger partial charge in [-0.2, -0.15) is 5.10 Å². The second kappa shape index (κ2) is 5.41. The molecule has 1 aliphatic carbocycles. The molecule has 0 radical (unpaired) electrons. The van der Waals surface area contributed by atoms with E-state index in [0.717, 1.165) is 29.7 Å². The number of thiocarbonyl (C=S) groups is 1. The molecule has 5 heteroatoms. The van der Waals surface area contributed by atoms with Crippen LogP contribution in [0.3, 0.4) is 0 Å². The van der Waals surface area contributed by atoms with Crippen LogP contribution in [0.1, 0.15) is 27.9 Å². The van der Waals surface area contributed by atoms with Gasteiger partial charge >= 0.3 is 0 Å². The van der Waals surface area contributed by atoms with Crippen molar-refractivity contribution < 1.29 is 0 Å². The van der Waals surface area contributed by atoms with Crippen molar-refractivity contribution in [1.82, 2.24) is 10.2 Å². The summed E-state index contributed by atoms with van der Waals surface area (Å²) in [6.45, 7) is 3.90. The van der Waals surface area contributed by atoms with E-state index in [1.54, 1.807) is 0 Å². The molecule has 3 N–H and O–H groups in total. The Morgan fingerprint density at radius 3 is 2.38 bits per heavy atom. The number of nitrogens with zero attached hydrogens (tertiary/aromatic N) is 2. The molecule has 0 aliphatic heterocycles. The molecule has 0 amide bonds. The number of nitrogens with one attached hydrogen (secondary N) is 1. The van der Waals surface area contributed by atoms with E-state index in [-0.39, 0.29) is 0 Å². The summed E-state index contributed by atoms with van der Waals surface area (Å²) in [6.07, 6.45) is 1.98. The summed E-state index contributed by atoms with van der Waals surface area (Å²) in [6, 6.07) is 8.83. The summed E-state index contributed by atoms with van der Waals surface area (Å²) in [5.41, 5.74) is 11.3. The molecule has 21 heavy (non-hydrogen) atoms. The predicted molar refractivity (Wildman–Crippen MR) is 88.7 cm³/mol. The molecule has 108 valence electrons. The topological polar surface area (TPSA) is 63.8 Å². The highest BCUT2D eigenvalue weighted by molar-refractivity contribution is 7.80. The molecule has 0 saturated carbocycles. The molecule has 1 heterocycles. The van der Waals surface area contributed by atoms with Gasteiger partial charge in [-0.3, -0.25) is 0 Å². The monoisotopic (exact) mass is 298 g/mol. The maximum Gasteiger partial charge on any atom is 0.159 e. The summed E-state index contributed by atoms with van der Waals surface area (Å²) in [5.74, 6) is 0.698. The molecule has 2 aromatic rings. The standard InChI is InChI=1S/C16H18N4S/c1-9-10(2)19-20-16(14(9)15(17)21)18-13-7-11-5-3-4-6-12(11)8-13/h3-6,13H,7-8H2,1-2H3,(H2,17,21)(H,18,20). The molecule has 0 saturated heterocycles. The number of fused-ring (bicyclic) bond motifs is 1. The Morgan fingerprint density at radius 1 is 1.19 bits per heavy atom. The van der Waals surface area contributed by atoms with Gasteiger partial charge in [0, 0.05) is 6.04 Å². The van der Waals surface area contributed by atoms with Gasteiger partial charge in [-0.05, 0) is 43.4 Å². The Morgan fingerprint density at radius 2 is 1.81 bits per heavy atom. The smallest absolute Gasteiger partial charge is 0.159 e. The van der Waals surface area contributed by atoms with Crippen LogP contribution in [0.15, 0.2) is 24.3 Å². The zero-order valence-corrected chi connectivity index (χ0v) is 13.0. The lowest BCUT2D eigenvalue weighted by molar-refractivity contribution is 0.761. The van der Waals surface area contributed by atoms with Crippen LogP contribution in [0.25, 0.3) is 0 Å². The minimum absolute atomic E-state index is 0.312. The summed E-state index contributed by atoms with van der Waals surface area (Å²) in [5, 5.41) is 11.9. The Labute approximate surface area is 129 Å². The van der Waals surface area contributed by atoms with E-state index in [1.807, 2.05) is 13.8 Å². The Balaban J connectivity index is 1.87. The average molecular weight is 298 g/mol. The van der Waals surface area contributed by atoms with Crippen molar-refractivity contribution in [3.05, 3.63) is 52.2 Å². The molecule has 1 aromatic heterocycles. The molecule has 0 atom stereocenters. The third-order valence-electron chi connectivity index (χ3n) is 4.09. The van der Waals surface area contributed by atoms with Crippen LogP contribution in [0.2, 0.25) is 0 Å². The maximum atomic E-state index is 5.87. The molecule has 1 aromatic carbocycles. The average Bonchev–Trinajstić information content (AvgIpc) is 2.85. The maximum absolute atomic E-state index is 5.87. The van der Waals surface area contributed by atoms with Gasteiger partial charge in [0.15, 0.2) is 5.82 Å². The molecular formula is C16H18N4S. The largest absolute Gasteiger partial charge is 0.389 e. The van der Waals surface area contributed by atoms with Crippen LogP contribution in [0, 0.1) is 13.8 Å². The fraction of sp³-hybridized carbons (Fsp3) is 0.312. The molecule has 1 aliphatic rings. The lowest BCUT2D eigenvalue weighted by Crippen LogP contribution is -2.25. The number of hydrogen-bond donors (Lipinski definition) is 2. The van der Waals surface area contributed by atoms with E-state index < -0.39 is 0 Å². The van der Waals surface area contributed by atoms with Crippen LogP contribution in [-0.2, 0) is 12.8 Å². The van der Waals surface area contributed by atoms with Gasteiger partial charge in [0.25, 0.3) is 0 Å². The van der Waals surface area contributed by atoms with Gasteiger partial charge < -0.3 is 11.1 Å². The minimum Gasteiger partial charge on any atom is -0.389 e.